The van der Waals surface area contributed by atoms with Crippen molar-refractivity contribution in [1.29, 1.82) is 0 Å². The molecule has 0 spiro atoms. The minimum atomic E-state index is 0.00889. The van der Waals surface area contributed by atoms with Gasteiger partial charge in [0.2, 0.25) is 0 Å². The van der Waals surface area contributed by atoms with Gasteiger partial charge in [-0.1, -0.05) is 37.3 Å². The SMILES string of the molecule is CCc1ncc(C(=O)N2CCN(C)C[C@@H]2c2ccccc2)cn1. The van der Waals surface area contributed by atoms with E-state index in [2.05, 4.69) is 34.0 Å². The van der Waals surface area contributed by atoms with Gasteiger partial charge in [-0.25, -0.2) is 9.97 Å². The number of nitrogens with zero attached hydrogens (tertiary/aromatic N) is 4. The molecule has 3 rings (SSSR count). The van der Waals surface area contributed by atoms with Crippen molar-refractivity contribution < 1.29 is 4.79 Å². The maximum absolute atomic E-state index is 12.9. The summed E-state index contributed by atoms with van der Waals surface area (Å²) in [6.45, 7) is 4.43. The number of likely N-dealkylation sites (N-methyl/N-ethyl adjacent to an activating group) is 1. The normalized spacial score (nSPS) is 18.9. The molecule has 1 aliphatic rings. The Balaban J connectivity index is 1.86. The molecule has 1 saturated heterocycles. The fraction of sp³-hybridized carbons (Fsp3) is 0.389. The van der Waals surface area contributed by atoms with Crippen molar-refractivity contribution in [3.05, 3.63) is 59.7 Å². The number of rotatable bonds is 3. The number of carbonyl (C=O) groups is 1. The van der Waals surface area contributed by atoms with Crippen molar-refractivity contribution in [2.24, 2.45) is 0 Å². The van der Waals surface area contributed by atoms with Crippen LogP contribution in [0.15, 0.2) is 42.7 Å². The van der Waals surface area contributed by atoms with Gasteiger partial charge in [-0.15, -0.1) is 0 Å². The van der Waals surface area contributed by atoms with Crippen molar-refractivity contribution in [1.82, 2.24) is 19.8 Å². The van der Waals surface area contributed by atoms with Gasteiger partial charge in [0.1, 0.15) is 5.82 Å². The maximum atomic E-state index is 12.9. The summed E-state index contributed by atoms with van der Waals surface area (Å²) in [6.07, 6.45) is 4.07. The standard InChI is InChI=1S/C18H22N4O/c1-3-17-19-11-15(12-20-17)18(23)22-10-9-21(2)13-16(22)14-7-5-4-6-8-14/h4-8,11-12,16H,3,9-10,13H2,1-2H3/t16-/m1/s1. The molecule has 2 heterocycles. The van der Waals surface area contributed by atoms with E-state index in [9.17, 15) is 4.79 Å². The molecule has 1 fully saturated rings. The third-order valence-electron chi connectivity index (χ3n) is 4.30. The third kappa shape index (κ3) is 3.40. The summed E-state index contributed by atoms with van der Waals surface area (Å²) in [4.78, 5) is 25.6. The van der Waals surface area contributed by atoms with Crippen LogP contribution in [0.1, 0.15) is 34.7 Å². The Kier molecular flexibility index (Phi) is 4.67. The summed E-state index contributed by atoms with van der Waals surface area (Å²) < 4.78 is 0. The highest BCUT2D eigenvalue weighted by Crippen LogP contribution is 2.26. The molecule has 0 aliphatic carbocycles. The first-order valence-corrected chi connectivity index (χ1v) is 8.04. The number of aryl methyl sites for hydroxylation is 1. The minimum absolute atomic E-state index is 0.00889. The minimum Gasteiger partial charge on any atom is -0.329 e. The number of carbonyl (C=O) groups excluding carboxylic acids is 1. The van der Waals surface area contributed by atoms with Crippen LogP contribution in [0.25, 0.3) is 0 Å². The fourth-order valence-corrected chi connectivity index (χ4v) is 2.94. The zero-order valence-electron chi connectivity index (χ0n) is 13.6. The first-order valence-electron chi connectivity index (χ1n) is 8.04. The highest BCUT2D eigenvalue weighted by atomic mass is 16.2. The van der Waals surface area contributed by atoms with E-state index in [1.807, 2.05) is 30.0 Å². The summed E-state index contributed by atoms with van der Waals surface area (Å²) in [6, 6.07) is 10.3. The first-order chi connectivity index (χ1) is 11.2. The van der Waals surface area contributed by atoms with Crippen LogP contribution in [0, 0.1) is 0 Å². The topological polar surface area (TPSA) is 49.3 Å². The van der Waals surface area contributed by atoms with Gasteiger partial charge in [-0.2, -0.15) is 0 Å². The van der Waals surface area contributed by atoms with Crippen LogP contribution in [0.2, 0.25) is 0 Å². The van der Waals surface area contributed by atoms with Crippen LogP contribution >= 0.6 is 0 Å². The first kappa shape index (κ1) is 15.6. The van der Waals surface area contributed by atoms with E-state index in [1.165, 1.54) is 5.56 Å². The Morgan fingerprint density at radius 3 is 2.52 bits per heavy atom. The molecule has 5 nitrogen and oxygen atoms in total. The van der Waals surface area contributed by atoms with Gasteiger partial charge < -0.3 is 9.80 Å². The zero-order chi connectivity index (χ0) is 16.2. The summed E-state index contributed by atoms with van der Waals surface area (Å²) in [7, 11) is 2.09. The van der Waals surface area contributed by atoms with Crippen LogP contribution in [0.5, 0.6) is 0 Å². The second-order valence-corrected chi connectivity index (χ2v) is 5.93. The van der Waals surface area contributed by atoms with Crippen molar-refractivity contribution in [2.45, 2.75) is 19.4 Å². The van der Waals surface area contributed by atoms with Crippen LogP contribution in [-0.2, 0) is 6.42 Å². The summed E-state index contributed by atoms with van der Waals surface area (Å²) >= 11 is 0. The van der Waals surface area contributed by atoms with Crippen LogP contribution < -0.4 is 0 Å². The number of benzene rings is 1. The molecule has 23 heavy (non-hydrogen) atoms. The second kappa shape index (κ2) is 6.87. The molecule has 1 aliphatic heterocycles. The lowest BCUT2D eigenvalue weighted by Crippen LogP contribution is -2.49. The molecular weight excluding hydrogens is 288 g/mol. The van der Waals surface area contributed by atoms with E-state index in [0.29, 0.717) is 12.1 Å². The molecule has 2 aromatic rings. The predicted molar refractivity (Wildman–Crippen MR) is 89.1 cm³/mol. The van der Waals surface area contributed by atoms with Gasteiger partial charge >= 0.3 is 0 Å². The molecular formula is C18H22N4O. The van der Waals surface area contributed by atoms with Gasteiger partial charge in [-0.05, 0) is 12.6 Å². The van der Waals surface area contributed by atoms with Crippen molar-refractivity contribution in [3.8, 4) is 0 Å². The van der Waals surface area contributed by atoms with Crippen molar-refractivity contribution >= 4 is 5.91 Å². The van der Waals surface area contributed by atoms with Gasteiger partial charge in [0.05, 0.1) is 11.6 Å². The van der Waals surface area contributed by atoms with E-state index in [0.717, 1.165) is 25.3 Å². The Morgan fingerprint density at radius 2 is 1.87 bits per heavy atom. The Bertz CT molecular complexity index is 656. The lowest BCUT2D eigenvalue weighted by Gasteiger charge is -2.40. The Labute approximate surface area is 137 Å². The molecule has 1 aromatic carbocycles. The third-order valence-corrected chi connectivity index (χ3v) is 4.30. The predicted octanol–water partition coefficient (Wildman–Crippen LogP) is 2.17. The number of hydrogen-bond donors (Lipinski definition) is 0. The number of amides is 1. The summed E-state index contributed by atoms with van der Waals surface area (Å²) in [5, 5.41) is 0. The molecule has 0 bridgehead atoms. The van der Waals surface area contributed by atoms with Gasteiger partial charge in [0, 0.05) is 38.4 Å². The molecule has 0 radical (unpaired) electrons. The van der Waals surface area contributed by atoms with Crippen LogP contribution in [0.3, 0.4) is 0 Å². The van der Waals surface area contributed by atoms with Crippen molar-refractivity contribution in [2.75, 3.05) is 26.7 Å². The fourth-order valence-electron chi connectivity index (χ4n) is 2.94. The lowest BCUT2D eigenvalue weighted by atomic mass is 10.0. The van der Waals surface area contributed by atoms with E-state index < -0.39 is 0 Å². The zero-order valence-corrected chi connectivity index (χ0v) is 13.6. The lowest BCUT2D eigenvalue weighted by molar-refractivity contribution is 0.0497. The van der Waals surface area contributed by atoms with Crippen LogP contribution in [0.4, 0.5) is 0 Å². The largest absolute Gasteiger partial charge is 0.329 e. The average molecular weight is 310 g/mol. The molecule has 5 heteroatoms. The van der Waals surface area contributed by atoms with E-state index in [4.69, 9.17) is 0 Å². The van der Waals surface area contributed by atoms with Gasteiger partial charge in [0.25, 0.3) is 5.91 Å². The van der Waals surface area contributed by atoms with Crippen LogP contribution in [-0.4, -0.2) is 52.4 Å². The number of aromatic nitrogens is 2. The van der Waals surface area contributed by atoms with E-state index in [-0.39, 0.29) is 11.9 Å². The highest BCUT2D eigenvalue weighted by molar-refractivity contribution is 5.94. The quantitative estimate of drug-likeness (QED) is 0.872. The Hall–Kier alpha value is -2.27. The monoisotopic (exact) mass is 310 g/mol. The van der Waals surface area contributed by atoms with Gasteiger partial charge in [-0.3, -0.25) is 4.79 Å². The number of hydrogen-bond acceptors (Lipinski definition) is 4. The molecule has 0 unspecified atom stereocenters. The van der Waals surface area contributed by atoms with Gasteiger partial charge in [0.15, 0.2) is 0 Å². The molecule has 1 amide bonds. The van der Waals surface area contributed by atoms with Crippen molar-refractivity contribution in [3.63, 3.8) is 0 Å². The molecule has 0 N–H and O–H groups in total. The molecule has 1 atom stereocenters. The summed E-state index contributed by atoms with van der Waals surface area (Å²) in [5.41, 5.74) is 1.73. The van der Waals surface area contributed by atoms with E-state index >= 15 is 0 Å². The highest BCUT2D eigenvalue weighted by Gasteiger charge is 2.31. The smallest absolute Gasteiger partial charge is 0.257 e. The average Bonchev–Trinajstić information content (AvgIpc) is 2.62. The van der Waals surface area contributed by atoms with E-state index in [1.54, 1.807) is 12.4 Å². The molecule has 0 saturated carbocycles. The maximum Gasteiger partial charge on any atom is 0.257 e. The summed E-state index contributed by atoms with van der Waals surface area (Å²) in [5.74, 6) is 0.772. The Morgan fingerprint density at radius 1 is 1.17 bits per heavy atom. The number of piperazine rings is 1. The molecule has 1 aromatic heterocycles. The molecule has 120 valence electrons. The second-order valence-electron chi connectivity index (χ2n) is 5.93.